The first-order valence-electron chi connectivity index (χ1n) is 28.8. The second-order valence-electron chi connectivity index (χ2n) is 19.2. The molecule has 0 aliphatic heterocycles. The van der Waals surface area contributed by atoms with Gasteiger partial charge in [0.15, 0.2) is 6.10 Å². The van der Waals surface area contributed by atoms with Crippen LogP contribution in [0.25, 0.3) is 0 Å². The Balaban J connectivity index is 4.09. The first kappa shape index (κ1) is 64.1. The van der Waals surface area contributed by atoms with Gasteiger partial charge in [0, 0.05) is 19.3 Å². The van der Waals surface area contributed by atoms with E-state index in [0.717, 1.165) is 96.3 Å². The van der Waals surface area contributed by atoms with Crippen LogP contribution in [-0.4, -0.2) is 37.2 Å². The molecule has 0 aromatic heterocycles. The summed E-state index contributed by atoms with van der Waals surface area (Å²) in [6, 6.07) is 0. The van der Waals surface area contributed by atoms with Crippen molar-refractivity contribution >= 4 is 17.9 Å². The molecule has 1 atom stereocenters. The molecule has 1 unspecified atom stereocenters. The molecule has 0 heterocycles. The maximum atomic E-state index is 12.8. The number of ether oxygens (including phenoxy) is 3. The van der Waals surface area contributed by atoms with Crippen molar-refractivity contribution in [3.05, 3.63) is 60.8 Å². The summed E-state index contributed by atoms with van der Waals surface area (Å²) in [5.41, 5.74) is 0. The van der Waals surface area contributed by atoms with Gasteiger partial charge in [-0.1, -0.05) is 248 Å². The number of rotatable bonds is 52. The lowest BCUT2D eigenvalue weighted by Crippen LogP contribution is -2.30. The molecule has 0 spiro atoms. The van der Waals surface area contributed by atoms with Crippen LogP contribution in [0.2, 0.25) is 0 Å². The molecule has 6 heteroatoms. The number of unbranched alkanes of at least 4 members (excludes halogenated alkanes) is 31. The molecule has 0 fully saturated rings. The fourth-order valence-corrected chi connectivity index (χ4v) is 8.19. The van der Waals surface area contributed by atoms with Crippen molar-refractivity contribution in [2.75, 3.05) is 13.2 Å². The lowest BCUT2D eigenvalue weighted by molar-refractivity contribution is -0.167. The standard InChI is InChI=1S/C61H108O6/c1-4-7-10-13-15-17-19-21-23-25-27-29-30-32-33-35-37-39-41-43-45-48-51-54-60(63)66-57-58(56-65-59(62)53-50-47-12-9-6-3)67-61(64)55-52-49-46-44-42-40-38-36-34-31-28-26-24-22-20-18-16-14-11-8-5-2/h8,11,16,18,22,24-25,27-28,31,58H,4-7,9-10,12-15,17,19-21,23,26,29-30,32-57H2,1-3H3/b11-8-,18-16-,24-22-,27-25-,31-28-. The summed E-state index contributed by atoms with van der Waals surface area (Å²) in [5, 5.41) is 0. The van der Waals surface area contributed by atoms with Crippen LogP contribution in [0.3, 0.4) is 0 Å². The Morgan fingerprint density at radius 2 is 0.582 bits per heavy atom. The van der Waals surface area contributed by atoms with Gasteiger partial charge in [0.25, 0.3) is 0 Å². The third kappa shape index (κ3) is 53.9. The average Bonchev–Trinajstić information content (AvgIpc) is 3.33. The number of carbonyl (C=O) groups excluding carboxylic acids is 3. The van der Waals surface area contributed by atoms with E-state index in [-0.39, 0.29) is 31.1 Å². The molecule has 0 amide bonds. The highest BCUT2D eigenvalue weighted by molar-refractivity contribution is 5.71. The molecule has 6 nitrogen and oxygen atoms in total. The van der Waals surface area contributed by atoms with Crippen molar-refractivity contribution in [1.29, 1.82) is 0 Å². The highest BCUT2D eigenvalue weighted by atomic mass is 16.6. The molecule has 67 heavy (non-hydrogen) atoms. The van der Waals surface area contributed by atoms with Crippen LogP contribution in [0.1, 0.15) is 290 Å². The molecule has 0 aromatic carbocycles. The van der Waals surface area contributed by atoms with Crippen LogP contribution in [-0.2, 0) is 28.6 Å². The molecule has 0 aliphatic carbocycles. The van der Waals surface area contributed by atoms with Gasteiger partial charge in [0.05, 0.1) is 0 Å². The lowest BCUT2D eigenvalue weighted by atomic mass is 10.0. The minimum Gasteiger partial charge on any atom is -0.462 e. The largest absolute Gasteiger partial charge is 0.462 e. The van der Waals surface area contributed by atoms with Crippen molar-refractivity contribution in [2.24, 2.45) is 0 Å². The third-order valence-electron chi connectivity index (χ3n) is 12.5. The number of esters is 3. The summed E-state index contributed by atoms with van der Waals surface area (Å²) < 4.78 is 16.7. The van der Waals surface area contributed by atoms with E-state index in [1.807, 2.05) is 0 Å². The number of allylic oxidation sites excluding steroid dienone is 10. The second kappa shape index (κ2) is 55.7. The molecule has 0 saturated carbocycles. The van der Waals surface area contributed by atoms with Crippen LogP contribution in [0, 0.1) is 0 Å². The van der Waals surface area contributed by atoms with Crippen molar-refractivity contribution in [3.8, 4) is 0 Å². The highest BCUT2D eigenvalue weighted by Gasteiger charge is 2.19. The van der Waals surface area contributed by atoms with Crippen LogP contribution >= 0.6 is 0 Å². The van der Waals surface area contributed by atoms with E-state index in [1.165, 1.54) is 154 Å². The van der Waals surface area contributed by atoms with Gasteiger partial charge in [-0.15, -0.1) is 0 Å². The van der Waals surface area contributed by atoms with E-state index in [4.69, 9.17) is 14.2 Å². The van der Waals surface area contributed by atoms with Gasteiger partial charge in [-0.3, -0.25) is 14.4 Å². The molecule has 0 aliphatic rings. The number of hydrogen-bond acceptors (Lipinski definition) is 6. The van der Waals surface area contributed by atoms with Crippen LogP contribution in [0.15, 0.2) is 60.8 Å². The Bertz CT molecular complexity index is 1210. The summed E-state index contributed by atoms with van der Waals surface area (Å²) in [5.74, 6) is -0.891. The molecular formula is C61H108O6. The lowest BCUT2D eigenvalue weighted by Gasteiger charge is -2.18. The van der Waals surface area contributed by atoms with Gasteiger partial charge in [0.1, 0.15) is 13.2 Å². The Kier molecular flexibility index (Phi) is 53.3. The Morgan fingerprint density at radius 1 is 0.313 bits per heavy atom. The summed E-state index contributed by atoms with van der Waals surface area (Å²) in [4.78, 5) is 37.8. The zero-order valence-corrected chi connectivity index (χ0v) is 44.4. The minimum atomic E-state index is -0.775. The molecule has 388 valence electrons. The van der Waals surface area contributed by atoms with Crippen molar-refractivity contribution < 1.29 is 28.6 Å². The Morgan fingerprint density at radius 3 is 0.925 bits per heavy atom. The SMILES string of the molecule is CC/C=C\C/C=C\C/C=C\C/C=C\CCCCCCCCCCC(=O)OC(COC(=O)CCCCCCC)COC(=O)CCCCCCCCCCCCC/C=C\CCCCCCCCCC. The molecular weight excluding hydrogens is 829 g/mol. The van der Waals surface area contributed by atoms with Crippen molar-refractivity contribution in [1.82, 2.24) is 0 Å². The van der Waals surface area contributed by atoms with Gasteiger partial charge in [-0.25, -0.2) is 0 Å². The van der Waals surface area contributed by atoms with Crippen LogP contribution < -0.4 is 0 Å². The van der Waals surface area contributed by atoms with Gasteiger partial charge in [0.2, 0.25) is 0 Å². The number of carbonyl (C=O) groups is 3. The molecule has 0 rings (SSSR count). The van der Waals surface area contributed by atoms with E-state index < -0.39 is 6.10 Å². The summed E-state index contributed by atoms with van der Waals surface area (Å²) >= 11 is 0. The fourth-order valence-electron chi connectivity index (χ4n) is 8.19. The van der Waals surface area contributed by atoms with Crippen molar-refractivity contribution in [3.63, 3.8) is 0 Å². The van der Waals surface area contributed by atoms with Gasteiger partial charge in [-0.05, 0) is 83.5 Å². The van der Waals surface area contributed by atoms with Gasteiger partial charge < -0.3 is 14.2 Å². The van der Waals surface area contributed by atoms with E-state index in [0.29, 0.717) is 19.3 Å². The normalized spacial score (nSPS) is 12.5. The number of hydrogen-bond donors (Lipinski definition) is 0. The van der Waals surface area contributed by atoms with Gasteiger partial charge in [-0.2, -0.15) is 0 Å². The molecule has 0 radical (unpaired) electrons. The summed E-state index contributed by atoms with van der Waals surface area (Å²) in [6.45, 7) is 6.46. The first-order valence-corrected chi connectivity index (χ1v) is 28.8. The first-order chi connectivity index (χ1) is 33.0. The van der Waals surface area contributed by atoms with Gasteiger partial charge >= 0.3 is 17.9 Å². The van der Waals surface area contributed by atoms with Crippen LogP contribution in [0.4, 0.5) is 0 Å². The predicted octanol–water partition coefficient (Wildman–Crippen LogP) is 19.2. The van der Waals surface area contributed by atoms with E-state index in [1.54, 1.807) is 0 Å². The second-order valence-corrected chi connectivity index (χ2v) is 19.2. The summed E-state index contributed by atoms with van der Waals surface area (Å²) in [6.07, 6.45) is 69.7. The third-order valence-corrected chi connectivity index (χ3v) is 12.5. The zero-order valence-electron chi connectivity index (χ0n) is 44.4. The van der Waals surface area contributed by atoms with E-state index >= 15 is 0 Å². The molecule has 0 saturated heterocycles. The van der Waals surface area contributed by atoms with E-state index in [2.05, 4.69) is 81.5 Å². The Labute approximate surface area is 415 Å². The highest BCUT2D eigenvalue weighted by Crippen LogP contribution is 2.16. The smallest absolute Gasteiger partial charge is 0.306 e. The maximum absolute atomic E-state index is 12.8. The van der Waals surface area contributed by atoms with Crippen LogP contribution in [0.5, 0.6) is 0 Å². The quantitative estimate of drug-likeness (QED) is 0.0262. The molecule has 0 N–H and O–H groups in total. The molecule has 0 aromatic rings. The topological polar surface area (TPSA) is 78.9 Å². The Hall–Kier alpha value is -2.89. The molecule has 0 bridgehead atoms. The van der Waals surface area contributed by atoms with E-state index in [9.17, 15) is 14.4 Å². The minimum absolute atomic E-state index is 0.0767. The van der Waals surface area contributed by atoms with Crippen molar-refractivity contribution in [2.45, 2.75) is 297 Å². The zero-order chi connectivity index (χ0) is 48.6. The predicted molar refractivity (Wildman–Crippen MR) is 288 cm³/mol. The maximum Gasteiger partial charge on any atom is 0.306 e. The summed E-state index contributed by atoms with van der Waals surface area (Å²) in [7, 11) is 0. The fraction of sp³-hybridized carbons (Fsp3) is 0.787. The monoisotopic (exact) mass is 937 g/mol. The average molecular weight is 938 g/mol.